The third-order valence-electron chi connectivity index (χ3n) is 4.49. The average Bonchev–Trinajstić information content (AvgIpc) is 2.78. The van der Waals surface area contributed by atoms with Gasteiger partial charge in [0.25, 0.3) is 5.91 Å². The summed E-state index contributed by atoms with van der Waals surface area (Å²) in [6, 6.07) is 28.2. The fourth-order valence-corrected chi connectivity index (χ4v) is 2.92. The van der Waals surface area contributed by atoms with Crippen LogP contribution in [0.2, 0.25) is 0 Å². The Hall–Kier alpha value is -3.60. The SMILES string of the molecule is CCN(Cc1ccccc1)c1ccc(C=NNC(=O)CNc2ccccc2)cc1. The van der Waals surface area contributed by atoms with Crippen molar-refractivity contribution in [3.05, 3.63) is 96.1 Å². The van der Waals surface area contributed by atoms with Gasteiger partial charge in [-0.2, -0.15) is 5.10 Å². The Labute approximate surface area is 172 Å². The first-order chi connectivity index (χ1) is 14.2. The quantitative estimate of drug-likeness (QED) is 0.426. The van der Waals surface area contributed by atoms with Crippen molar-refractivity contribution in [2.75, 3.05) is 23.3 Å². The molecule has 0 fully saturated rings. The van der Waals surface area contributed by atoms with Crippen molar-refractivity contribution in [1.29, 1.82) is 0 Å². The lowest BCUT2D eigenvalue weighted by Gasteiger charge is -2.23. The molecule has 0 heterocycles. The molecule has 0 bridgehead atoms. The second-order valence-corrected chi connectivity index (χ2v) is 6.60. The number of carbonyl (C=O) groups excluding carboxylic acids is 1. The van der Waals surface area contributed by atoms with Crippen LogP contribution in [0.25, 0.3) is 0 Å². The molecule has 0 aromatic heterocycles. The number of anilines is 2. The first-order valence-corrected chi connectivity index (χ1v) is 9.74. The lowest BCUT2D eigenvalue weighted by Crippen LogP contribution is -2.25. The molecule has 0 aliphatic carbocycles. The van der Waals surface area contributed by atoms with Gasteiger partial charge >= 0.3 is 0 Å². The number of benzene rings is 3. The summed E-state index contributed by atoms with van der Waals surface area (Å²) in [6.45, 7) is 4.12. The van der Waals surface area contributed by atoms with E-state index >= 15 is 0 Å². The molecule has 2 N–H and O–H groups in total. The number of para-hydroxylation sites is 1. The zero-order valence-electron chi connectivity index (χ0n) is 16.6. The fourth-order valence-electron chi connectivity index (χ4n) is 2.92. The van der Waals surface area contributed by atoms with E-state index in [2.05, 4.69) is 64.1 Å². The molecule has 3 aromatic rings. The number of amides is 1. The molecule has 3 rings (SSSR count). The maximum Gasteiger partial charge on any atom is 0.259 e. The van der Waals surface area contributed by atoms with Crippen LogP contribution in [0.3, 0.4) is 0 Å². The second-order valence-electron chi connectivity index (χ2n) is 6.60. The first kappa shape index (κ1) is 20.1. The maximum atomic E-state index is 11.9. The molecule has 5 heteroatoms. The van der Waals surface area contributed by atoms with Crippen molar-refractivity contribution in [2.45, 2.75) is 13.5 Å². The molecule has 0 spiro atoms. The van der Waals surface area contributed by atoms with Crippen LogP contribution in [0.4, 0.5) is 11.4 Å². The van der Waals surface area contributed by atoms with Crippen molar-refractivity contribution in [3.8, 4) is 0 Å². The van der Waals surface area contributed by atoms with Gasteiger partial charge in [0.1, 0.15) is 0 Å². The summed E-state index contributed by atoms with van der Waals surface area (Å²) < 4.78 is 0. The van der Waals surface area contributed by atoms with Crippen LogP contribution in [-0.2, 0) is 11.3 Å². The number of rotatable bonds is 9. The molecule has 0 saturated heterocycles. The van der Waals surface area contributed by atoms with E-state index in [1.165, 1.54) is 5.56 Å². The second kappa shape index (κ2) is 10.7. The highest BCUT2D eigenvalue weighted by Crippen LogP contribution is 2.17. The van der Waals surface area contributed by atoms with Crippen LogP contribution in [0.5, 0.6) is 0 Å². The van der Waals surface area contributed by atoms with Crippen LogP contribution in [-0.4, -0.2) is 25.2 Å². The highest BCUT2D eigenvalue weighted by molar-refractivity contribution is 5.84. The van der Waals surface area contributed by atoms with E-state index in [-0.39, 0.29) is 12.5 Å². The summed E-state index contributed by atoms with van der Waals surface area (Å²) in [4.78, 5) is 14.2. The molecule has 29 heavy (non-hydrogen) atoms. The van der Waals surface area contributed by atoms with Crippen molar-refractivity contribution in [2.24, 2.45) is 5.10 Å². The van der Waals surface area contributed by atoms with Crippen LogP contribution < -0.4 is 15.6 Å². The number of hydrogen-bond acceptors (Lipinski definition) is 4. The normalized spacial score (nSPS) is 10.7. The number of hydrogen-bond donors (Lipinski definition) is 2. The van der Waals surface area contributed by atoms with Gasteiger partial charge in [0, 0.05) is 24.5 Å². The summed E-state index contributed by atoms with van der Waals surface area (Å²) in [6.07, 6.45) is 1.65. The molecule has 5 nitrogen and oxygen atoms in total. The number of hydrazone groups is 1. The fraction of sp³-hybridized carbons (Fsp3) is 0.167. The Kier molecular flexibility index (Phi) is 7.41. The number of nitrogens with zero attached hydrogens (tertiary/aromatic N) is 2. The Morgan fingerprint density at radius 3 is 2.24 bits per heavy atom. The smallest absolute Gasteiger partial charge is 0.259 e. The van der Waals surface area contributed by atoms with Gasteiger partial charge in [-0.25, -0.2) is 5.43 Å². The largest absolute Gasteiger partial charge is 0.376 e. The van der Waals surface area contributed by atoms with E-state index in [4.69, 9.17) is 0 Å². The van der Waals surface area contributed by atoms with Gasteiger partial charge in [0.2, 0.25) is 0 Å². The van der Waals surface area contributed by atoms with E-state index in [1.807, 2.05) is 48.5 Å². The van der Waals surface area contributed by atoms with Gasteiger partial charge < -0.3 is 10.2 Å². The maximum absolute atomic E-state index is 11.9. The van der Waals surface area contributed by atoms with Crippen molar-refractivity contribution >= 4 is 23.5 Å². The zero-order chi connectivity index (χ0) is 20.3. The average molecular weight is 386 g/mol. The van der Waals surface area contributed by atoms with E-state index in [0.29, 0.717) is 0 Å². The van der Waals surface area contributed by atoms with Gasteiger partial charge in [-0.05, 0) is 42.3 Å². The summed E-state index contributed by atoms with van der Waals surface area (Å²) in [5, 5.41) is 7.09. The van der Waals surface area contributed by atoms with E-state index in [0.717, 1.165) is 30.0 Å². The third kappa shape index (κ3) is 6.50. The summed E-state index contributed by atoms with van der Waals surface area (Å²) in [7, 11) is 0. The van der Waals surface area contributed by atoms with Crippen LogP contribution in [0, 0.1) is 0 Å². The van der Waals surface area contributed by atoms with E-state index < -0.39 is 0 Å². The Morgan fingerprint density at radius 2 is 1.59 bits per heavy atom. The van der Waals surface area contributed by atoms with Gasteiger partial charge in [-0.3, -0.25) is 4.79 Å². The summed E-state index contributed by atoms with van der Waals surface area (Å²) >= 11 is 0. The standard InChI is InChI=1S/C24H26N4O/c1-2-28(19-21-9-5-3-6-10-21)23-15-13-20(14-16-23)17-26-27-24(29)18-25-22-11-7-4-8-12-22/h3-17,25H,2,18-19H2,1H3,(H,27,29). The number of nitrogens with one attached hydrogen (secondary N) is 2. The summed E-state index contributed by atoms with van der Waals surface area (Å²) in [5.41, 5.74) is 6.81. The first-order valence-electron chi connectivity index (χ1n) is 9.74. The monoisotopic (exact) mass is 386 g/mol. The van der Waals surface area contributed by atoms with Crippen LogP contribution >= 0.6 is 0 Å². The topological polar surface area (TPSA) is 56.7 Å². The zero-order valence-corrected chi connectivity index (χ0v) is 16.6. The molecule has 1 amide bonds. The summed E-state index contributed by atoms with van der Waals surface area (Å²) in [5.74, 6) is -0.193. The molecule has 148 valence electrons. The molecule has 3 aromatic carbocycles. The third-order valence-corrected chi connectivity index (χ3v) is 4.49. The molecule has 0 unspecified atom stereocenters. The van der Waals surface area contributed by atoms with Gasteiger partial charge in [0.15, 0.2) is 0 Å². The molecule has 0 radical (unpaired) electrons. The highest BCUT2D eigenvalue weighted by Gasteiger charge is 2.05. The molecular formula is C24H26N4O. The Morgan fingerprint density at radius 1 is 0.931 bits per heavy atom. The lowest BCUT2D eigenvalue weighted by atomic mass is 10.1. The minimum Gasteiger partial charge on any atom is -0.376 e. The van der Waals surface area contributed by atoms with Crippen molar-refractivity contribution in [1.82, 2.24) is 5.43 Å². The van der Waals surface area contributed by atoms with E-state index in [1.54, 1.807) is 6.21 Å². The molecule has 0 atom stereocenters. The van der Waals surface area contributed by atoms with Gasteiger partial charge in [0.05, 0.1) is 12.8 Å². The minimum atomic E-state index is -0.193. The molecular weight excluding hydrogens is 360 g/mol. The highest BCUT2D eigenvalue weighted by atomic mass is 16.2. The van der Waals surface area contributed by atoms with Crippen LogP contribution in [0.1, 0.15) is 18.1 Å². The lowest BCUT2D eigenvalue weighted by molar-refractivity contribution is -0.119. The number of carbonyl (C=O) groups is 1. The predicted octanol–water partition coefficient (Wildman–Crippen LogP) is 4.28. The minimum absolute atomic E-state index is 0.172. The van der Waals surface area contributed by atoms with Gasteiger partial charge in [-0.1, -0.05) is 60.7 Å². The van der Waals surface area contributed by atoms with Crippen molar-refractivity contribution in [3.63, 3.8) is 0 Å². The van der Waals surface area contributed by atoms with Gasteiger partial charge in [-0.15, -0.1) is 0 Å². The Balaban J connectivity index is 1.49. The molecule has 0 aliphatic rings. The van der Waals surface area contributed by atoms with Crippen molar-refractivity contribution < 1.29 is 4.79 Å². The van der Waals surface area contributed by atoms with Crippen LogP contribution in [0.15, 0.2) is 90.0 Å². The molecule has 0 aliphatic heterocycles. The Bertz CT molecular complexity index is 909. The predicted molar refractivity (Wildman–Crippen MR) is 120 cm³/mol. The molecule has 0 saturated carbocycles. The van der Waals surface area contributed by atoms with E-state index in [9.17, 15) is 4.79 Å².